The van der Waals surface area contributed by atoms with Gasteiger partial charge >= 0.3 is 0 Å². The van der Waals surface area contributed by atoms with Gasteiger partial charge in [0, 0.05) is 35.8 Å². The Morgan fingerprint density at radius 1 is 1.04 bits per heavy atom. The SMILES string of the molecule is C=[N+]([O-])c1ccc2nc(-c3cccc(-n4cccc4)c3)n(O)c2c1. The molecular weight excluding hydrogens is 304 g/mol. The highest BCUT2D eigenvalue weighted by atomic mass is 16.5. The zero-order chi connectivity index (χ0) is 16.7. The molecular formula is C18H14N4O2. The number of hydrogen-bond acceptors (Lipinski definition) is 3. The molecule has 0 bridgehead atoms. The Hall–Kier alpha value is -3.54. The quantitative estimate of drug-likeness (QED) is 0.206. The molecule has 0 unspecified atom stereocenters. The molecule has 0 aliphatic carbocycles. The van der Waals surface area contributed by atoms with Crippen LogP contribution in [0, 0.1) is 5.21 Å². The van der Waals surface area contributed by atoms with Crippen molar-refractivity contribution < 1.29 is 9.95 Å². The van der Waals surface area contributed by atoms with Crippen LogP contribution in [0.4, 0.5) is 5.69 Å². The van der Waals surface area contributed by atoms with Gasteiger partial charge in [0.2, 0.25) is 5.69 Å². The van der Waals surface area contributed by atoms with Gasteiger partial charge in [-0.05, 0) is 30.3 Å². The smallest absolute Gasteiger partial charge is 0.218 e. The van der Waals surface area contributed by atoms with E-state index in [0.717, 1.165) is 16.0 Å². The van der Waals surface area contributed by atoms with E-state index in [1.54, 1.807) is 18.2 Å². The second-order valence-electron chi connectivity index (χ2n) is 5.44. The van der Waals surface area contributed by atoms with Crippen LogP contribution in [0.15, 0.2) is 67.0 Å². The maximum Gasteiger partial charge on any atom is 0.218 e. The van der Waals surface area contributed by atoms with Crippen LogP contribution < -0.4 is 0 Å². The van der Waals surface area contributed by atoms with E-state index in [1.165, 1.54) is 0 Å². The van der Waals surface area contributed by atoms with Crippen molar-refractivity contribution in [1.29, 1.82) is 0 Å². The molecule has 118 valence electrons. The summed E-state index contributed by atoms with van der Waals surface area (Å²) in [7, 11) is 0. The van der Waals surface area contributed by atoms with Gasteiger partial charge in [-0.15, -0.1) is 0 Å². The molecule has 0 radical (unpaired) electrons. The molecule has 6 heteroatoms. The minimum atomic E-state index is 0.352. The lowest BCUT2D eigenvalue weighted by Crippen LogP contribution is -1.96. The lowest BCUT2D eigenvalue weighted by molar-refractivity contribution is -0.349. The first kappa shape index (κ1) is 14.1. The Labute approximate surface area is 137 Å². The Morgan fingerprint density at radius 2 is 1.83 bits per heavy atom. The van der Waals surface area contributed by atoms with E-state index in [2.05, 4.69) is 11.7 Å². The minimum absolute atomic E-state index is 0.352. The minimum Gasteiger partial charge on any atom is -0.619 e. The fourth-order valence-electron chi connectivity index (χ4n) is 2.71. The lowest BCUT2D eigenvalue weighted by atomic mass is 10.2. The van der Waals surface area contributed by atoms with Gasteiger partial charge in [-0.2, -0.15) is 9.47 Å². The Morgan fingerprint density at radius 3 is 2.58 bits per heavy atom. The van der Waals surface area contributed by atoms with Gasteiger partial charge < -0.3 is 15.0 Å². The summed E-state index contributed by atoms with van der Waals surface area (Å²) in [6.07, 6.45) is 3.90. The number of fused-ring (bicyclic) bond motifs is 1. The van der Waals surface area contributed by atoms with Crippen molar-refractivity contribution >= 4 is 23.4 Å². The van der Waals surface area contributed by atoms with Gasteiger partial charge in [0.25, 0.3) is 0 Å². The molecule has 6 nitrogen and oxygen atoms in total. The van der Waals surface area contributed by atoms with E-state index >= 15 is 0 Å². The van der Waals surface area contributed by atoms with Crippen molar-refractivity contribution in [1.82, 2.24) is 14.3 Å². The second kappa shape index (κ2) is 5.27. The fourth-order valence-corrected chi connectivity index (χ4v) is 2.71. The first-order valence-corrected chi connectivity index (χ1v) is 7.37. The van der Waals surface area contributed by atoms with E-state index in [-0.39, 0.29) is 0 Å². The second-order valence-corrected chi connectivity index (χ2v) is 5.44. The van der Waals surface area contributed by atoms with Crippen molar-refractivity contribution in [3.8, 4) is 17.1 Å². The predicted octanol–water partition coefficient (Wildman–Crippen LogP) is 3.57. The highest BCUT2D eigenvalue weighted by molar-refractivity contribution is 5.82. The van der Waals surface area contributed by atoms with Crippen LogP contribution in [0.3, 0.4) is 0 Å². The number of nitrogens with zero attached hydrogens (tertiary/aromatic N) is 4. The predicted molar refractivity (Wildman–Crippen MR) is 92.1 cm³/mol. The maximum atomic E-state index is 11.3. The number of imidazole rings is 1. The third-order valence-corrected chi connectivity index (χ3v) is 3.91. The van der Waals surface area contributed by atoms with Crippen LogP contribution in [0.2, 0.25) is 0 Å². The van der Waals surface area contributed by atoms with Gasteiger partial charge in [0.15, 0.2) is 5.82 Å². The number of rotatable bonds is 3. The van der Waals surface area contributed by atoms with Crippen molar-refractivity contribution in [2.75, 3.05) is 0 Å². The Kier molecular flexibility index (Phi) is 3.09. The zero-order valence-corrected chi connectivity index (χ0v) is 12.7. The van der Waals surface area contributed by atoms with Crippen molar-refractivity contribution in [3.05, 3.63) is 72.2 Å². The monoisotopic (exact) mass is 318 g/mol. The van der Waals surface area contributed by atoms with Crippen LogP contribution in [-0.4, -0.2) is 30.9 Å². The first-order chi connectivity index (χ1) is 11.6. The van der Waals surface area contributed by atoms with Crippen LogP contribution in [0.1, 0.15) is 0 Å². The normalized spacial score (nSPS) is 11.0. The average Bonchev–Trinajstić information content (AvgIpc) is 3.23. The number of benzene rings is 2. The highest BCUT2D eigenvalue weighted by Crippen LogP contribution is 2.27. The molecule has 2 aromatic heterocycles. The van der Waals surface area contributed by atoms with Crippen LogP contribution in [0.5, 0.6) is 0 Å². The summed E-state index contributed by atoms with van der Waals surface area (Å²) in [5, 5.41) is 21.8. The molecule has 0 aliphatic rings. The summed E-state index contributed by atoms with van der Waals surface area (Å²) < 4.78 is 3.47. The lowest BCUT2D eigenvalue weighted by Gasteiger charge is -2.06. The van der Waals surface area contributed by atoms with Crippen molar-refractivity contribution in [2.24, 2.45) is 0 Å². The van der Waals surface area contributed by atoms with E-state index < -0.39 is 0 Å². The summed E-state index contributed by atoms with van der Waals surface area (Å²) in [6, 6.07) is 16.5. The molecule has 0 spiro atoms. The molecule has 2 heterocycles. The van der Waals surface area contributed by atoms with Crippen LogP contribution in [-0.2, 0) is 0 Å². The average molecular weight is 318 g/mol. The molecule has 2 aromatic carbocycles. The topological polar surface area (TPSA) is 69.0 Å². The van der Waals surface area contributed by atoms with Gasteiger partial charge in [-0.25, -0.2) is 4.98 Å². The van der Waals surface area contributed by atoms with Crippen molar-refractivity contribution in [2.45, 2.75) is 0 Å². The first-order valence-electron chi connectivity index (χ1n) is 7.37. The van der Waals surface area contributed by atoms with E-state index in [4.69, 9.17) is 0 Å². The molecule has 4 aromatic rings. The van der Waals surface area contributed by atoms with Crippen LogP contribution in [0.25, 0.3) is 28.1 Å². The van der Waals surface area contributed by atoms with Gasteiger partial charge in [-0.1, -0.05) is 12.1 Å². The largest absolute Gasteiger partial charge is 0.619 e. The molecule has 0 atom stereocenters. The summed E-state index contributed by atoms with van der Waals surface area (Å²) in [4.78, 5) is 4.47. The summed E-state index contributed by atoms with van der Waals surface area (Å²) >= 11 is 0. The zero-order valence-electron chi connectivity index (χ0n) is 12.7. The molecule has 0 aliphatic heterocycles. The molecule has 4 rings (SSSR count). The van der Waals surface area contributed by atoms with E-state index in [1.807, 2.05) is 53.4 Å². The van der Waals surface area contributed by atoms with Crippen LogP contribution >= 0.6 is 0 Å². The fraction of sp³-hybridized carbons (Fsp3) is 0. The molecule has 0 amide bonds. The van der Waals surface area contributed by atoms with Crippen molar-refractivity contribution in [3.63, 3.8) is 0 Å². The number of hydrogen-bond donors (Lipinski definition) is 1. The van der Waals surface area contributed by atoms with E-state index in [9.17, 15) is 10.4 Å². The molecule has 1 N–H and O–H groups in total. The molecule has 0 fully saturated rings. The summed E-state index contributed by atoms with van der Waals surface area (Å²) in [6.45, 7) is 3.31. The molecule has 0 saturated heterocycles. The molecule has 24 heavy (non-hydrogen) atoms. The Balaban J connectivity index is 1.86. The van der Waals surface area contributed by atoms with E-state index in [0.29, 0.717) is 27.3 Å². The Bertz CT molecular complexity index is 1050. The van der Waals surface area contributed by atoms with Gasteiger partial charge in [0.05, 0.1) is 5.52 Å². The highest BCUT2D eigenvalue weighted by Gasteiger charge is 2.14. The maximum absolute atomic E-state index is 11.3. The summed E-state index contributed by atoms with van der Waals surface area (Å²) in [5.74, 6) is 0.415. The standard InChI is InChI=1S/C18H14N4O2/c1-20(23)14-7-8-16-17(12-14)22(24)18(19-16)13-5-4-6-15(11-13)21-9-2-3-10-21/h2-12,24H,1H2. The number of aromatic nitrogens is 3. The third-order valence-electron chi connectivity index (χ3n) is 3.91. The van der Waals surface area contributed by atoms with Gasteiger partial charge in [0.1, 0.15) is 12.2 Å². The molecule has 0 saturated carbocycles. The third kappa shape index (κ3) is 2.21. The van der Waals surface area contributed by atoms with Gasteiger partial charge in [-0.3, -0.25) is 0 Å². The summed E-state index contributed by atoms with van der Waals surface area (Å²) in [5.41, 5.74) is 3.15.